The normalized spacial score (nSPS) is 35.0. The number of carbonyl (C=O) groups excluding carboxylic acids is 5. The van der Waals surface area contributed by atoms with Gasteiger partial charge in [0.15, 0.2) is 28.7 Å². The lowest BCUT2D eigenvalue weighted by Crippen LogP contribution is -2.76. The highest BCUT2D eigenvalue weighted by Gasteiger charge is 2.76. The maximum Gasteiger partial charge on any atom is 0.190 e. The van der Waals surface area contributed by atoms with Gasteiger partial charge in [-0.3, -0.25) is 24.0 Å². The van der Waals surface area contributed by atoms with Gasteiger partial charge in [-0.25, -0.2) is 0 Å². The molecule has 4 aliphatic carbocycles. The molecule has 0 saturated heterocycles. The lowest BCUT2D eigenvalue weighted by atomic mass is 9.39. The average molecular weight is 575 g/mol. The second-order valence-corrected chi connectivity index (χ2v) is 14.2. The van der Waals surface area contributed by atoms with Crippen LogP contribution < -0.4 is 0 Å². The summed E-state index contributed by atoms with van der Waals surface area (Å²) >= 11 is 0. The molecule has 0 radical (unpaired) electrons. The molecule has 7 heteroatoms. The van der Waals surface area contributed by atoms with Crippen molar-refractivity contribution in [2.75, 3.05) is 0 Å². The fourth-order valence-electron chi connectivity index (χ4n) is 9.29. The van der Waals surface area contributed by atoms with Crippen LogP contribution in [0.4, 0.5) is 0 Å². The van der Waals surface area contributed by atoms with Crippen molar-refractivity contribution in [1.82, 2.24) is 0 Å². The number of phenols is 1. The molecule has 7 nitrogen and oxygen atoms in total. The molecule has 5 rings (SSSR count). The number of rotatable bonds is 5. The molecular weight excluding hydrogens is 532 g/mol. The van der Waals surface area contributed by atoms with Gasteiger partial charge in [0.1, 0.15) is 17.5 Å². The first-order chi connectivity index (χ1) is 19.5. The average Bonchev–Trinajstić information content (AvgIpc) is 2.90. The van der Waals surface area contributed by atoms with Gasteiger partial charge in [0, 0.05) is 11.3 Å². The largest absolute Gasteiger partial charge is 0.507 e. The zero-order valence-corrected chi connectivity index (χ0v) is 25.3. The molecule has 0 aliphatic heterocycles. The molecule has 3 saturated carbocycles. The Balaban J connectivity index is 1.66. The van der Waals surface area contributed by atoms with Crippen LogP contribution in [0.15, 0.2) is 30.9 Å². The molecule has 42 heavy (non-hydrogen) atoms. The number of benzene rings is 1. The Morgan fingerprint density at radius 3 is 2.19 bits per heavy atom. The van der Waals surface area contributed by atoms with Crippen LogP contribution in [0.3, 0.4) is 0 Å². The number of ketones is 5. The number of allylic oxidation sites excluding steroid dienone is 2. The molecule has 0 spiro atoms. The minimum atomic E-state index is -2.70. The van der Waals surface area contributed by atoms with E-state index in [1.165, 1.54) is 12.5 Å². The summed E-state index contributed by atoms with van der Waals surface area (Å²) in [5.41, 5.74) is -2.45. The SMILES string of the molecule is C=C(C(=C)C1CCCCC1)c1ccc(O)c2c1C[C@]1(C)C[C@]3(C)C(C(C)C)C(=O)C(C(C)=O)C(=O)[C@]3(O)C(=O)C1C2=O. The van der Waals surface area contributed by atoms with Crippen molar-refractivity contribution in [2.24, 2.45) is 40.4 Å². The predicted molar refractivity (Wildman–Crippen MR) is 158 cm³/mol. The molecular formula is C35H42O7. The lowest BCUT2D eigenvalue weighted by molar-refractivity contribution is -0.205. The number of Topliss-reactive ketones (excluding diaryl/α,β-unsaturated/α-hetero) is 5. The standard InChI is InChI=1S/C35H42O7/c1-17(2)27-29(38)25(20(5)36)31(40)35(42)32(41)28-30(39)26-23(15-33(28,6)16-34(27,35)7)22(13-14-24(26)37)19(4)18(3)21-11-9-8-10-12-21/h13-14,17,21,25,27-28,37,42H,3-4,8-12,15-16H2,1-2,5-7H3/t25?,27?,28?,33-,34-,35+/m1/s1. The van der Waals surface area contributed by atoms with Crippen LogP contribution in [-0.2, 0) is 25.6 Å². The Hall–Kier alpha value is -3.19. The molecule has 0 amide bonds. The molecule has 3 unspecified atom stereocenters. The van der Waals surface area contributed by atoms with Crippen LogP contribution in [-0.4, -0.2) is 44.7 Å². The first-order valence-corrected chi connectivity index (χ1v) is 15.2. The summed E-state index contributed by atoms with van der Waals surface area (Å²) in [4.78, 5) is 68.7. The van der Waals surface area contributed by atoms with Crippen molar-refractivity contribution in [3.05, 3.63) is 47.6 Å². The summed E-state index contributed by atoms with van der Waals surface area (Å²) in [6.45, 7) is 16.7. The van der Waals surface area contributed by atoms with Crippen molar-refractivity contribution in [2.45, 2.75) is 85.2 Å². The Labute approximate surface area is 247 Å². The molecule has 0 heterocycles. The first kappa shape index (κ1) is 30.3. The van der Waals surface area contributed by atoms with E-state index < -0.39 is 63.1 Å². The monoisotopic (exact) mass is 574 g/mol. The number of aliphatic hydroxyl groups is 1. The molecule has 224 valence electrons. The van der Waals surface area contributed by atoms with Gasteiger partial charge in [0.05, 0.1) is 11.5 Å². The van der Waals surface area contributed by atoms with Crippen LogP contribution in [0.1, 0.15) is 94.6 Å². The van der Waals surface area contributed by atoms with Crippen LogP contribution in [0.5, 0.6) is 5.75 Å². The van der Waals surface area contributed by atoms with Gasteiger partial charge in [0.25, 0.3) is 0 Å². The van der Waals surface area contributed by atoms with Crippen molar-refractivity contribution in [1.29, 1.82) is 0 Å². The number of carbonyl (C=O) groups is 5. The molecule has 3 fully saturated rings. The number of hydrogen-bond donors (Lipinski definition) is 2. The first-order valence-electron chi connectivity index (χ1n) is 15.2. The fourth-order valence-corrected chi connectivity index (χ4v) is 9.29. The Kier molecular flexibility index (Phi) is 7.16. The van der Waals surface area contributed by atoms with E-state index in [4.69, 9.17) is 0 Å². The highest BCUT2D eigenvalue weighted by molar-refractivity contribution is 6.32. The van der Waals surface area contributed by atoms with E-state index in [-0.39, 0.29) is 36.0 Å². The van der Waals surface area contributed by atoms with Crippen molar-refractivity contribution in [3.63, 3.8) is 0 Å². The van der Waals surface area contributed by atoms with Crippen molar-refractivity contribution in [3.8, 4) is 5.75 Å². The Morgan fingerprint density at radius 1 is 1.00 bits per heavy atom. The smallest absolute Gasteiger partial charge is 0.190 e. The van der Waals surface area contributed by atoms with Gasteiger partial charge in [-0.1, -0.05) is 66.2 Å². The molecule has 2 N–H and O–H groups in total. The van der Waals surface area contributed by atoms with Crippen LogP contribution in [0, 0.1) is 40.4 Å². The summed E-state index contributed by atoms with van der Waals surface area (Å²) in [5, 5.41) is 23.1. The third-order valence-electron chi connectivity index (χ3n) is 11.1. The second-order valence-electron chi connectivity index (χ2n) is 14.2. The Morgan fingerprint density at radius 2 is 1.62 bits per heavy atom. The van der Waals surface area contributed by atoms with Gasteiger partial charge >= 0.3 is 0 Å². The summed E-state index contributed by atoms with van der Waals surface area (Å²) in [5.74, 6) is -8.65. The lowest BCUT2D eigenvalue weighted by Gasteiger charge is -2.62. The number of phenolic OH excluding ortho intramolecular Hbond substituents is 1. The summed E-state index contributed by atoms with van der Waals surface area (Å²) in [7, 11) is 0. The highest BCUT2D eigenvalue weighted by Crippen LogP contribution is 2.64. The molecule has 0 aromatic heterocycles. The second kappa shape index (κ2) is 9.94. The maximum absolute atomic E-state index is 14.4. The molecule has 0 bridgehead atoms. The third kappa shape index (κ3) is 3.91. The fraction of sp³-hybridized carbons (Fsp3) is 0.571. The Bertz CT molecular complexity index is 1460. The third-order valence-corrected chi connectivity index (χ3v) is 11.1. The number of hydrogen-bond acceptors (Lipinski definition) is 7. The highest BCUT2D eigenvalue weighted by atomic mass is 16.3. The van der Waals surface area contributed by atoms with Gasteiger partial charge in [-0.2, -0.15) is 0 Å². The van der Waals surface area contributed by atoms with E-state index >= 15 is 0 Å². The number of aromatic hydroxyl groups is 1. The number of fused-ring (bicyclic) bond motifs is 3. The van der Waals surface area contributed by atoms with Crippen LogP contribution >= 0.6 is 0 Å². The quantitative estimate of drug-likeness (QED) is 0.364. The molecule has 6 atom stereocenters. The van der Waals surface area contributed by atoms with E-state index in [1.807, 2.05) is 0 Å². The van der Waals surface area contributed by atoms with E-state index in [0.29, 0.717) is 16.7 Å². The summed E-state index contributed by atoms with van der Waals surface area (Å²) < 4.78 is 0. The molecule has 1 aromatic rings. The zero-order valence-electron chi connectivity index (χ0n) is 25.3. The minimum absolute atomic E-state index is 0.00372. The van der Waals surface area contributed by atoms with Crippen molar-refractivity contribution >= 4 is 34.5 Å². The summed E-state index contributed by atoms with van der Waals surface area (Å²) in [6.07, 6.45) is 5.67. The molecule has 1 aromatic carbocycles. The summed E-state index contributed by atoms with van der Waals surface area (Å²) in [6, 6.07) is 3.16. The van der Waals surface area contributed by atoms with Gasteiger partial charge in [-0.05, 0) is 78.2 Å². The van der Waals surface area contributed by atoms with Crippen LogP contribution in [0.25, 0.3) is 5.57 Å². The minimum Gasteiger partial charge on any atom is -0.507 e. The van der Waals surface area contributed by atoms with E-state index in [1.54, 1.807) is 33.8 Å². The van der Waals surface area contributed by atoms with E-state index in [2.05, 4.69) is 13.2 Å². The van der Waals surface area contributed by atoms with Gasteiger partial charge in [0.2, 0.25) is 0 Å². The zero-order chi connectivity index (χ0) is 31.1. The van der Waals surface area contributed by atoms with Gasteiger partial charge in [-0.15, -0.1) is 0 Å². The molecule has 4 aliphatic rings. The van der Waals surface area contributed by atoms with E-state index in [9.17, 15) is 34.2 Å². The maximum atomic E-state index is 14.4. The van der Waals surface area contributed by atoms with Crippen molar-refractivity contribution < 1.29 is 34.2 Å². The predicted octanol–water partition coefficient (Wildman–Crippen LogP) is 5.24. The topological polar surface area (TPSA) is 126 Å². The van der Waals surface area contributed by atoms with Crippen LogP contribution in [0.2, 0.25) is 0 Å². The van der Waals surface area contributed by atoms with Gasteiger partial charge < -0.3 is 10.2 Å². The van der Waals surface area contributed by atoms with E-state index in [0.717, 1.165) is 38.2 Å².